The van der Waals surface area contributed by atoms with Gasteiger partial charge >= 0.3 is 0 Å². The molecule has 0 aromatic heterocycles. The maximum atomic E-state index is 9.30. The van der Waals surface area contributed by atoms with E-state index in [2.05, 4.69) is 11.4 Å². The average molecular weight is 248 g/mol. The van der Waals surface area contributed by atoms with Crippen molar-refractivity contribution in [2.45, 2.75) is 39.0 Å². The van der Waals surface area contributed by atoms with Crippen LogP contribution in [0.5, 0.6) is 5.75 Å². The minimum Gasteiger partial charge on any atom is -0.496 e. The third kappa shape index (κ3) is 4.36. The molecule has 0 amide bonds. The minimum atomic E-state index is -0.320. The van der Waals surface area contributed by atoms with Gasteiger partial charge in [0.25, 0.3) is 0 Å². The van der Waals surface area contributed by atoms with Crippen LogP contribution in [0, 0.1) is 11.3 Å². The van der Waals surface area contributed by atoms with Crippen LogP contribution in [0.4, 0.5) is 0 Å². The summed E-state index contributed by atoms with van der Waals surface area (Å²) in [6, 6.07) is 7.68. The van der Waals surface area contributed by atoms with E-state index in [0.717, 1.165) is 11.3 Å². The predicted molar refractivity (Wildman–Crippen MR) is 70.3 cm³/mol. The molecular formula is C14H20N2O2. The molecule has 4 heteroatoms. The molecule has 18 heavy (non-hydrogen) atoms. The van der Waals surface area contributed by atoms with Gasteiger partial charge in [0.2, 0.25) is 0 Å². The van der Waals surface area contributed by atoms with Crippen LogP contribution in [0.15, 0.2) is 18.2 Å². The van der Waals surface area contributed by atoms with Crippen molar-refractivity contribution in [2.75, 3.05) is 7.11 Å². The van der Waals surface area contributed by atoms with E-state index in [-0.39, 0.29) is 12.1 Å². The number of methoxy groups -OCH3 is 1. The summed E-state index contributed by atoms with van der Waals surface area (Å²) in [4.78, 5) is 0. The Bertz CT molecular complexity index is 424. The number of benzene rings is 1. The molecule has 0 saturated carbocycles. The first-order chi connectivity index (χ1) is 8.56. The largest absolute Gasteiger partial charge is 0.496 e. The van der Waals surface area contributed by atoms with E-state index in [1.54, 1.807) is 26.2 Å². The molecule has 4 nitrogen and oxygen atoms in total. The zero-order valence-corrected chi connectivity index (χ0v) is 11.1. The molecule has 0 saturated heterocycles. The number of nitriles is 1. The fraction of sp³-hybridized carbons (Fsp3) is 0.500. The maximum Gasteiger partial charge on any atom is 0.123 e. The van der Waals surface area contributed by atoms with Gasteiger partial charge in [0.1, 0.15) is 5.75 Å². The zero-order chi connectivity index (χ0) is 13.5. The van der Waals surface area contributed by atoms with E-state index in [1.165, 1.54) is 0 Å². The number of aliphatic hydroxyl groups is 1. The lowest BCUT2D eigenvalue weighted by molar-refractivity contribution is 0.170. The van der Waals surface area contributed by atoms with Crippen LogP contribution in [0.2, 0.25) is 0 Å². The van der Waals surface area contributed by atoms with Gasteiger partial charge in [-0.3, -0.25) is 0 Å². The summed E-state index contributed by atoms with van der Waals surface area (Å²) in [6.45, 7) is 4.41. The Morgan fingerprint density at radius 3 is 2.72 bits per heavy atom. The van der Waals surface area contributed by atoms with Crippen LogP contribution < -0.4 is 10.1 Å². The van der Waals surface area contributed by atoms with Crippen molar-refractivity contribution in [3.8, 4) is 11.8 Å². The first kappa shape index (κ1) is 14.5. The Labute approximate surface area is 108 Å². The molecule has 0 radical (unpaired) electrons. The molecule has 0 aliphatic rings. The van der Waals surface area contributed by atoms with Gasteiger partial charge in [-0.15, -0.1) is 0 Å². The smallest absolute Gasteiger partial charge is 0.123 e. The number of hydrogen-bond donors (Lipinski definition) is 2. The fourth-order valence-corrected chi connectivity index (χ4v) is 1.87. The summed E-state index contributed by atoms with van der Waals surface area (Å²) < 4.78 is 5.26. The number of ether oxygens (including phenoxy) is 1. The lowest BCUT2D eigenvalue weighted by atomic mass is 10.1. The molecule has 0 aliphatic heterocycles. The monoisotopic (exact) mass is 248 g/mol. The predicted octanol–water partition coefficient (Wildman–Crippen LogP) is 1.82. The fourth-order valence-electron chi connectivity index (χ4n) is 1.87. The van der Waals surface area contributed by atoms with Crippen molar-refractivity contribution >= 4 is 0 Å². The SMILES string of the molecule is COc1ccc(C#N)cc1CNC(C)CC(C)O. The third-order valence-electron chi connectivity index (χ3n) is 2.75. The van der Waals surface area contributed by atoms with Gasteiger partial charge < -0.3 is 15.2 Å². The van der Waals surface area contributed by atoms with Crippen molar-refractivity contribution in [1.29, 1.82) is 5.26 Å². The molecule has 0 aliphatic carbocycles. The van der Waals surface area contributed by atoms with Gasteiger partial charge in [-0.05, 0) is 38.5 Å². The minimum absolute atomic E-state index is 0.209. The quantitative estimate of drug-likeness (QED) is 0.806. The van der Waals surface area contributed by atoms with Gasteiger partial charge in [-0.2, -0.15) is 5.26 Å². The van der Waals surface area contributed by atoms with E-state index in [4.69, 9.17) is 10.00 Å². The maximum absolute atomic E-state index is 9.30. The summed E-state index contributed by atoms with van der Waals surface area (Å²) in [5.41, 5.74) is 1.57. The highest BCUT2D eigenvalue weighted by Gasteiger charge is 2.08. The molecule has 98 valence electrons. The molecule has 1 rings (SSSR count). The molecular weight excluding hydrogens is 228 g/mol. The number of nitrogens with zero attached hydrogens (tertiary/aromatic N) is 1. The average Bonchev–Trinajstić information content (AvgIpc) is 2.35. The Hall–Kier alpha value is -1.57. The molecule has 1 aromatic carbocycles. The Morgan fingerprint density at radius 1 is 1.44 bits per heavy atom. The molecule has 2 unspecified atom stereocenters. The standard InChI is InChI=1S/C14H20N2O2/c1-10(6-11(2)17)16-9-13-7-12(8-15)4-5-14(13)18-3/h4-5,7,10-11,16-17H,6,9H2,1-3H3. The molecule has 0 heterocycles. The molecule has 2 N–H and O–H groups in total. The molecule has 0 spiro atoms. The first-order valence-electron chi connectivity index (χ1n) is 6.05. The van der Waals surface area contributed by atoms with E-state index < -0.39 is 0 Å². The zero-order valence-electron chi connectivity index (χ0n) is 11.1. The summed E-state index contributed by atoms with van der Waals surface area (Å²) in [5, 5.41) is 21.5. The Kier molecular flexibility index (Phi) is 5.63. The van der Waals surface area contributed by atoms with Gasteiger partial charge in [-0.1, -0.05) is 0 Å². The second-order valence-electron chi connectivity index (χ2n) is 4.51. The number of nitrogens with one attached hydrogen (secondary N) is 1. The first-order valence-corrected chi connectivity index (χ1v) is 6.05. The van der Waals surface area contributed by atoms with E-state index >= 15 is 0 Å². The summed E-state index contributed by atoms with van der Waals surface area (Å²) in [7, 11) is 1.62. The summed E-state index contributed by atoms with van der Waals surface area (Å²) in [5.74, 6) is 0.769. The second-order valence-corrected chi connectivity index (χ2v) is 4.51. The van der Waals surface area contributed by atoms with E-state index in [0.29, 0.717) is 18.5 Å². The van der Waals surface area contributed by atoms with Crippen LogP contribution >= 0.6 is 0 Å². The van der Waals surface area contributed by atoms with Crippen LogP contribution in [-0.4, -0.2) is 24.4 Å². The van der Waals surface area contributed by atoms with Crippen molar-refractivity contribution in [3.05, 3.63) is 29.3 Å². The van der Waals surface area contributed by atoms with Crippen molar-refractivity contribution in [3.63, 3.8) is 0 Å². The van der Waals surface area contributed by atoms with E-state index in [1.807, 2.05) is 13.0 Å². The number of aliphatic hydroxyl groups excluding tert-OH is 1. The van der Waals surface area contributed by atoms with Crippen LogP contribution in [-0.2, 0) is 6.54 Å². The number of rotatable bonds is 6. The summed E-state index contributed by atoms with van der Waals surface area (Å²) in [6.07, 6.45) is 0.375. The van der Waals surface area contributed by atoms with Gasteiger partial charge in [0.05, 0.1) is 24.8 Å². The van der Waals surface area contributed by atoms with Crippen molar-refractivity contribution < 1.29 is 9.84 Å². The van der Waals surface area contributed by atoms with Crippen LogP contribution in [0.1, 0.15) is 31.4 Å². The normalized spacial score (nSPS) is 13.7. The van der Waals surface area contributed by atoms with Gasteiger partial charge in [-0.25, -0.2) is 0 Å². The van der Waals surface area contributed by atoms with Crippen LogP contribution in [0.25, 0.3) is 0 Å². The lowest BCUT2D eigenvalue weighted by Crippen LogP contribution is -2.28. The highest BCUT2D eigenvalue weighted by Crippen LogP contribution is 2.19. The second kappa shape index (κ2) is 7.00. The van der Waals surface area contributed by atoms with Crippen LogP contribution in [0.3, 0.4) is 0 Å². The van der Waals surface area contributed by atoms with Gasteiger partial charge in [0, 0.05) is 18.2 Å². The molecule has 1 aromatic rings. The van der Waals surface area contributed by atoms with E-state index in [9.17, 15) is 5.11 Å². The molecule has 2 atom stereocenters. The molecule has 0 fully saturated rings. The highest BCUT2D eigenvalue weighted by atomic mass is 16.5. The topological polar surface area (TPSA) is 65.3 Å². The Morgan fingerprint density at radius 2 is 2.17 bits per heavy atom. The molecule has 0 bridgehead atoms. The highest BCUT2D eigenvalue weighted by molar-refractivity contribution is 5.41. The third-order valence-corrected chi connectivity index (χ3v) is 2.75. The van der Waals surface area contributed by atoms with Crippen molar-refractivity contribution in [1.82, 2.24) is 5.32 Å². The summed E-state index contributed by atoms with van der Waals surface area (Å²) >= 11 is 0. The van der Waals surface area contributed by atoms with Gasteiger partial charge in [0.15, 0.2) is 0 Å². The Balaban J connectivity index is 2.68. The lowest BCUT2D eigenvalue weighted by Gasteiger charge is -2.16. The van der Waals surface area contributed by atoms with Crippen molar-refractivity contribution in [2.24, 2.45) is 0 Å². The number of hydrogen-bond acceptors (Lipinski definition) is 4.